The first-order valence-corrected chi connectivity index (χ1v) is 7.22. The summed E-state index contributed by atoms with van der Waals surface area (Å²) in [6.45, 7) is 3.91. The van der Waals surface area contributed by atoms with Crippen molar-refractivity contribution in [1.29, 1.82) is 0 Å². The molecule has 1 unspecified atom stereocenters. The number of aryl methyl sites for hydroxylation is 1. The van der Waals surface area contributed by atoms with Crippen LogP contribution >= 0.6 is 0 Å². The molecule has 3 N–H and O–H groups in total. The molecular weight excluding hydrogens is 276 g/mol. The highest BCUT2D eigenvalue weighted by Crippen LogP contribution is 2.20. The van der Waals surface area contributed by atoms with Crippen LogP contribution in [-0.4, -0.2) is 16.0 Å². The number of H-pyrrole nitrogens is 1. The third-order valence-corrected chi connectivity index (χ3v) is 3.74. The Morgan fingerprint density at radius 2 is 2.00 bits per heavy atom. The number of phenols is 1. The van der Waals surface area contributed by atoms with E-state index in [1.165, 1.54) is 0 Å². The van der Waals surface area contributed by atoms with E-state index in [0.29, 0.717) is 5.69 Å². The molecule has 0 fully saturated rings. The number of carbonyl (C=O) groups excluding carboxylic acids is 1. The van der Waals surface area contributed by atoms with Gasteiger partial charge in [0, 0.05) is 10.9 Å². The minimum Gasteiger partial charge on any atom is -0.508 e. The highest BCUT2D eigenvalue weighted by atomic mass is 16.3. The van der Waals surface area contributed by atoms with E-state index in [1.807, 2.05) is 44.2 Å². The van der Waals surface area contributed by atoms with Crippen LogP contribution in [0, 0.1) is 6.92 Å². The predicted octanol–water partition coefficient (Wildman–Crippen LogP) is 3.67. The molecule has 1 heterocycles. The van der Waals surface area contributed by atoms with Gasteiger partial charge >= 0.3 is 0 Å². The van der Waals surface area contributed by atoms with Crippen LogP contribution in [0.3, 0.4) is 0 Å². The summed E-state index contributed by atoms with van der Waals surface area (Å²) in [4.78, 5) is 15.5. The maximum absolute atomic E-state index is 12.4. The fourth-order valence-electron chi connectivity index (χ4n) is 2.53. The Balaban J connectivity index is 1.80. The number of nitrogens with one attached hydrogen (secondary N) is 2. The van der Waals surface area contributed by atoms with Crippen molar-refractivity contribution in [2.45, 2.75) is 19.9 Å². The van der Waals surface area contributed by atoms with E-state index in [2.05, 4.69) is 10.3 Å². The Kier molecular flexibility index (Phi) is 3.59. The minimum atomic E-state index is -0.187. The number of carbonyl (C=O) groups is 1. The van der Waals surface area contributed by atoms with Crippen molar-refractivity contribution in [1.82, 2.24) is 10.3 Å². The second kappa shape index (κ2) is 5.56. The van der Waals surface area contributed by atoms with Crippen LogP contribution in [0.5, 0.6) is 5.75 Å². The monoisotopic (exact) mass is 294 g/mol. The Morgan fingerprint density at radius 3 is 2.77 bits per heavy atom. The van der Waals surface area contributed by atoms with Gasteiger partial charge in [-0.1, -0.05) is 23.8 Å². The van der Waals surface area contributed by atoms with Gasteiger partial charge in [-0.15, -0.1) is 0 Å². The van der Waals surface area contributed by atoms with Gasteiger partial charge in [0.15, 0.2) is 0 Å². The molecule has 0 spiro atoms. The molecular formula is C18H18N2O2. The van der Waals surface area contributed by atoms with E-state index < -0.39 is 0 Å². The Hall–Kier alpha value is -2.75. The SMILES string of the molecule is Cc1ccc2[nH]c(C(=O)NC(C)c3cccc(O)c3)cc2c1. The van der Waals surface area contributed by atoms with E-state index in [-0.39, 0.29) is 17.7 Å². The molecule has 3 aromatic rings. The number of hydrogen-bond acceptors (Lipinski definition) is 2. The van der Waals surface area contributed by atoms with Crippen LogP contribution in [0.25, 0.3) is 10.9 Å². The summed E-state index contributed by atoms with van der Waals surface area (Å²) in [6, 6.07) is 14.6. The molecule has 112 valence electrons. The van der Waals surface area contributed by atoms with Crippen LogP contribution in [0.1, 0.15) is 34.6 Å². The molecule has 0 bridgehead atoms. The Bertz CT molecular complexity index is 836. The molecule has 1 aromatic heterocycles. The number of aromatic hydroxyl groups is 1. The van der Waals surface area contributed by atoms with Crippen LogP contribution in [0.15, 0.2) is 48.5 Å². The number of fused-ring (bicyclic) bond motifs is 1. The molecule has 0 saturated heterocycles. The molecule has 0 aliphatic heterocycles. The summed E-state index contributed by atoms with van der Waals surface area (Å²) in [5, 5.41) is 13.5. The summed E-state index contributed by atoms with van der Waals surface area (Å²) in [5.41, 5.74) is 3.50. The van der Waals surface area contributed by atoms with Crippen LogP contribution in [-0.2, 0) is 0 Å². The maximum Gasteiger partial charge on any atom is 0.268 e. The van der Waals surface area contributed by atoms with E-state index in [0.717, 1.165) is 22.0 Å². The van der Waals surface area contributed by atoms with E-state index in [1.54, 1.807) is 18.2 Å². The average molecular weight is 294 g/mol. The van der Waals surface area contributed by atoms with Gasteiger partial charge in [0.25, 0.3) is 5.91 Å². The number of rotatable bonds is 3. The van der Waals surface area contributed by atoms with Gasteiger partial charge in [-0.2, -0.15) is 0 Å². The lowest BCUT2D eigenvalue weighted by molar-refractivity contribution is 0.0935. The Labute approximate surface area is 128 Å². The first-order chi connectivity index (χ1) is 10.5. The predicted molar refractivity (Wildman–Crippen MR) is 87.0 cm³/mol. The summed E-state index contributed by atoms with van der Waals surface area (Å²) >= 11 is 0. The van der Waals surface area contributed by atoms with Crippen LogP contribution in [0.2, 0.25) is 0 Å². The highest BCUT2D eigenvalue weighted by Gasteiger charge is 2.14. The van der Waals surface area contributed by atoms with Crippen molar-refractivity contribution in [3.05, 3.63) is 65.4 Å². The van der Waals surface area contributed by atoms with Gasteiger partial charge in [-0.25, -0.2) is 0 Å². The third-order valence-electron chi connectivity index (χ3n) is 3.74. The summed E-state index contributed by atoms with van der Waals surface area (Å²) in [5.74, 6) is 0.0318. The van der Waals surface area contributed by atoms with Crippen molar-refractivity contribution in [2.24, 2.45) is 0 Å². The molecule has 4 heteroatoms. The molecule has 0 aliphatic rings. The normalized spacial score (nSPS) is 12.3. The standard InChI is InChI=1S/C18H18N2O2/c1-11-6-7-16-14(8-11)10-17(20-16)18(22)19-12(2)13-4-3-5-15(21)9-13/h3-10,12,20-21H,1-2H3,(H,19,22). The number of benzene rings is 2. The zero-order valence-electron chi connectivity index (χ0n) is 12.6. The van der Waals surface area contributed by atoms with Crippen molar-refractivity contribution < 1.29 is 9.90 Å². The molecule has 1 amide bonds. The lowest BCUT2D eigenvalue weighted by atomic mass is 10.1. The van der Waals surface area contributed by atoms with Gasteiger partial charge < -0.3 is 15.4 Å². The van der Waals surface area contributed by atoms with E-state index in [4.69, 9.17) is 0 Å². The zero-order chi connectivity index (χ0) is 15.7. The van der Waals surface area contributed by atoms with Gasteiger partial charge in [0.05, 0.1) is 6.04 Å². The fourth-order valence-corrected chi connectivity index (χ4v) is 2.53. The van der Waals surface area contributed by atoms with Gasteiger partial charge in [-0.05, 0) is 49.7 Å². The second-order valence-corrected chi connectivity index (χ2v) is 5.56. The molecule has 0 saturated carbocycles. The number of phenolic OH excluding ortho intramolecular Hbond substituents is 1. The van der Waals surface area contributed by atoms with Crippen molar-refractivity contribution in [3.8, 4) is 5.75 Å². The Morgan fingerprint density at radius 1 is 1.18 bits per heavy atom. The third kappa shape index (κ3) is 2.81. The van der Waals surface area contributed by atoms with Crippen molar-refractivity contribution in [2.75, 3.05) is 0 Å². The number of hydrogen-bond donors (Lipinski definition) is 3. The van der Waals surface area contributed by atoms with Crippen molar-refractivity contribution in [3.63, 3.8) is 0 Å². The summed E-state index contributed by atoms with van der Waals surface area (Å²) < 4.78 is 0. The molecule has 0 radical (unpaired) electrons. The molecule has 2 aromatic carbocycles. The van der Waals surface area contributed by atoms with Gasteiger partial charge in [-0.3, -0.25) is 4.79 Å². The average Bonchev–Trinajstić information content (AvgIpc) is 2.90. The molecule has 4 nitrogen and oxygen atoms in total. The maximum atomic E-state index is 12.4. The zero-order valence-corrected chi connectivity index (χ0v) is 12.6. The number of amides is 1. The number of aromatic nitrogens is 1. The quantitative estimate of drug-likeness (QED) is 0.690. The first kappa shape index (κ1) is 14.2. The second-order valence-electron chi connectivity index (χ2n) is 5.56. The molecule has 3 rings (SSSR count). The first-order valence-electron chi connectivity index (χ1n) is 7.22. The van der Waals surface area contributed by atoms with Crippen LogP contribution < -0.4 is 5.32 Å². The summed E-state index contributed by atoms with van der Waals surface area (Å²) in [7, 11) is 0. The van der Waals surface area contributed by atoms with Crippen molar-refractivity contribution >= 4 is 16.8 Å². The number of aromatic amines is 1. The molecule has 1 atom stereocenters. The van der Waals surface area contributed by atoms with Crippen LogP contribution in [0.4, 0.5) is 0 Å². The molecule has 22 heavy (non-hydrogen) atoms. The molecule has 0 aliphatic carbocycles. The van der Waals surface area contributed by atoms with Gasteiger partial charge in [0.1, 0.15) is 11.4 Å². The largest absolute Gasteiger partial charge is 0.508 e. The topological polar surface area (TPSA) is 65.1 Å². The summed E-state index contributed by atoms with van der Waals surface area (Å²) in [6.07, 6.45) is 0. The lowest BCUT2D eigenvalue weighted by Gasteiger charge is -2.13. The van der Waals surface area contributed by atoms with E-state index >= 15 is 0 Å². The van der Waals surface area contributed by atoms with E-state index in [9.17, 15) is 9.90 Å². The minimum absolute atomic E-state index is 0.162. The lowest BCUT2D eigenvalue weighted by Crippen LogP contribution is -2.26. The van der Waals surface area contributed by atoms with Gasteiger partial charge in [0.2, 0.25) is 0 Å². The highest BCUT2D eigenvalue weighted by molar-refractivity contribution is 5.98. The fraction of sp³-hybridized carbons (Fsp3) is 0.167. The smallest absolute Gasteiger partial charge is 0.268 e.